The van der Waals surface area contributed by atoms with Crippen molar-refractivity contribution in [3.8, 4) is 0 Å². The fraction of sp³-hybridized carbons (Fsp3) is 0.556. The third-order valence-electron chi connectivity index (χ3n) is 2.49. The molecule has 1 rings (SSSR count). The Labute approximate surface area is 89.8 Å². The van der Waals surface area contributed by atoms with Crippen molar-refractivity contribution in [3.05, 3.63) is 23.8 Å². The van der Waals surface area contributed by atoms with Crippen molar-refractivity contribution in [2.75, 3.05) is 0 Å². The first kappa shape index (κ1) is 12.1. The SMILES string of the molecule is Cc1cnc([C@@H](C)[C@@H](C)S(N)(=O)=O)cn1. The van der Waals surface area contributed by atoms with Crippen molar-refractivity contribution >= 4 is 10.0 Å². The van der Waals surface area contributed by atoms with Crippen LogP contribution >= 0.6 is 0 Å². The monoisotopic (exact) mass is 229 g/mol. The molecule has 5 nitrogen and oxygen atoms in total. The van der Waals surface area contributed by atoms with Gasteiger partial charge in [0.1, 0.15) is 0 Å². The van der Waals surface area contributed by atoms with Crippen LogP contribution in [0.25, 0.3) is 0 Å². The van der Waals surface area contributed by atoms with Gasteiger partial charge < -0.3 is 0 Å². The largest absolute Gasteiger partial charge is 0.258 e. The molecule has 84 valence electrons. The maximum atomic E-state index is 11.1. The van der Waals surface area contributed by atoms with Gasteiger partial charge in [0, 0.05) is 18.3 Å². The molecule has 15 heavy (non-hydrogen) atoms. The van der Waals surface area contributed by atoms with E-state index in [0.717, 1.165) is 5.69 Å². The van der Waals surface area contributed by atoms with Crippen molar-refractivity contribution in [3.63, 3.8) is 0 Å². The molecule has 0 amide bonds. The van der Waals surface area contributed by atoms with Gasteiger partial charge in [-0.15, -0.1) is 0 Å². The summed E-state index contributed by atoms with van der Waals surface area (Å²) in [7, 11) is -3.53. The topological polar surface area (TPSA) is 85.9 Å². The molecule has 0 saturated carbocycles. The average Bonchev–Trinajstić information content (AvgIpc) is 2.15. The van der Waals surface area contributed by atoms with E-state index in [1.807, 2.05) is 6.92 Å². The summed E-state index contributed by atoms with van der Waals surface area (Å²) in [5.74, 6) is -0.256. The van der Waals surface area contributed by atoms with Gasteiger partial charge in [-0.25, -0.2) is 13.6 Å². The second-order valence-corrected chi connectivity index (χ2v) is 5.59. The molecule has 0 fully saturated rings. The maximum Gasteiger partial charge on any atom is 0.212 e. The predicted molar refractivity (Wildman–Crippen MR) is 57.8 cm³/mol. The van der Waals surface area contributed by atoms with Crippen molar-refractivity contribution < 1.29 is 8.42 Å². The van der Waals surface area contributed by atoms with E-state index in [2.05, 4.69) is 9.97 Å². The summed E-state index contributed by atoms with van der Waals surface area (Å²) in [6, 6.07) is 0. The van der Waals surface area contributed by atoms with E-state index in [4.69, 9.17) is 5.14 Å². The van der Waals surface area contributed by atoms with E-state index in [1.165, 1.54) is 0 Å². The predicted octanol–water partition coefficient (Wildman–Crippen LogP) is 0.566. The van der Waals surface area contributed by atoms with Crippen LogP contribution in [0.1, 0.15) is 31.2 Å². The van der Waals surface area contributed by atoms with Crippen molar-refractivity contribution in [1.29, 1.82) is 0 Å². The van der Waals surface area contributed by atoms with Crippen molar-refractivity contribution in [2.45, 2.75) is 31.9 Å². The van der Waals surface area contributed by atoms with Crippen LogP contribution < -0.4 is 5.14 Å². The highest BCUT2D eigenvalue weighted by atomic mass is 32.2. The van der Waals surface area contributed by atoms with Gasteiger partial charge in [0.2, 0.25) is 10.0 Å². The van der Waals surface area contributed by atoms with Crippen molar-refractivity contribution in [1.82, 2.24) is 9.97 Å². The molecule has 2 atom stereocenters. The smallest absolute Gasteiger partial charge is 0.212 e. The van der Waals surface area contributed by atoms with E-state index in [0.29, 0.717) is 5.69 Å². The molecule has 6 heteroatoms. The van der Waals surface area contributed by atoms with Gasteiger partial charge in [0.05, 0.1) is 16.6 Å². The quantitative estimate of drug-likeness (QED) is 0.820. The Bertz CT molecular complexity index is 427. The minimum absolute atomic E-state index is 0.256. The second kappa shape index (κ2) is 4.24. The van der Waals surface area contributed by atoms with Gasteiger partial charge in [-0.3, -0.25) is 9.97 Å². The van der Waals surface area contributed by atoms with Crippen LogP contribution in [0.2, 0.25) is 0 Å². The van der Waals surface area contributed by atoms with Gasteiger partial charge in [-0.1, -0.05) is 6.92 Å². The van der Waals surface area contributed by atoms with Crippen molar-refractivity contribution in [2.24, 2.45) is 5.14 Å². The molecule has 0 aliphatic rings. The number of aromatic nitrogens is 2. The van der Waals surface area contributed by atoms with Crippen LogP contribution in [0.15, 0.2) is 12.4 Å². The Hall–Kier alpha value is -1.01. The number of hydrogen-bond acceptors (Lipinski definition) is 4. The molecule has 0 unspecified atom stereocenters. The van der Waals surface area contributed by atoms with E-state index in [9.17, 15) is 8.42 Å². The van der Waals surface area contributed by atoms with Crippen LogP contribution in [0, 0.1) is 6.92 Å². The van der Waals surface area contributed by atoms with Crippen LogP contribution in [-0.4, -0.2) is 23.6 Å². The van der Waals surface area contributed by atoms with Crippen LogP contribution in [0.3, 0.4) is 0 Å². The summed E-state index contributed by atoms with van der Waals surface area (Å²) in [4.78, 5) is 8.20. The Morgan fingerprint density at radius 1 is 1.27 bits per heavy atom. The fourth-order valence-corrected chi connectivity index (χ4v) is 1.87. The lowest BCUT2D eigenvalue weighted by Gasteiger charge is -2.16. The molecule has 0 bridgehead atoms. The lowest BCUT2D eigenvalue weighted by molar-refractivity contribution is 0.568. The molecular weight excluding hydrogens is 214 g/mol. The van der Waals surface area contributed by atoms with E-state index < -0.39 is 15.3 Å². The van der Waals surface area contributed by atoms with Crippen LogP contribution in [-0.2, 0) is 10.0 Å². The highest BCUT2D eigenvalue weighted by Gasteiger charge is 2.25. The lowest BCUT2D eigenvalue weighted by atomic mass is 10.1. The standard InChI is InChI=1S/C9H15N3O2S/c1-6-4-12-9(5-11-6)7(2)8(3)15(10,13)14/h4-5,7-8H,1-3H3,(H2,10,13,14)/t7-,8+/m0/s1. The molecule has 0 aliphatic carbocycles. The maximum absolute atomic E-state index is 11.1. The summed E-state index contributed by atoms with van der Waals surface area (Å²) in [6.45, 7) is 5.17. The highest BCUT2D eigenvalue weighted by Crippen LogP contribution is 2.20. The summed E-state index contributed by atoms with van der Waals surface area (Å²) < 4.78 is 22.3. The second-order valence-electron chi connectivity index (χ2n) is 3.67. The van der Waals surface area contributed by atoms with Gasteiger partial charge >= 0.3 is 0 Å². The molecule has 1 aromatic heterocycles. The fourth-order valence-electron chi connectivity index (χ4n) is 1.16. The number of nitrogens with two attached hydrogens (primary N) is 1. The third-order valence-corrected chi connectivity index (χ3v) is 3.93. The molecule has 0 aromatic carbocycles. The number of primary sulfonamides is 1. The van der Waals surface area contributed by atoms with E-state index in [-0.39, 0.29) is 5.92 Å². The molecule has 1 aromatic rings. The van der Waals surface area contributed by atoms with Crippen LogP contribution in [0.5, 0.6) is 0 Å². The van der Waals surface area contributed by atoms with E-state index in [1.54, 1.807) is 26.2 Å². The molecule has 1 heterocycles. The molecule has 0 spiro atoms. The molecule has 0 aliphatic heterocycles. The minimum atomic E-state index is -3.53. The molecule has 0 radical (unpaired) electrons. The van der Waals surface area contributed by atoms with E-state index >= 15 is 0 Å². The average molecular weight is 229 g/mol. The number of nitrogens with zero attached hydrogens (tertiary/aromatic N) is 2. The summed E-state index contributed by atoms with van der Waals surface area (Å²) >= 11 is 0. The first-order chi connectivity index (χ1) is 6.82. The zero-order chi connectivity index (χ0) is 11.6. The zero-order valence-electron chi connectivity index (χ0n) is 9.01. The number of hydrogen-bond donors (Lipinski definition) is 1. The number of sulfonamides is 1. The molecule has 0 saturated heterocycles. The minimum Gasteiger partial charge on any atom is -0.258 e. The highest BCUT2D eigenvalue weighted by molar-refractivity contribution is 7.89. The van der Waals surface area contributed by atoms with Gasteiger partial charge in [0.25, 0.3) is 0 Å². The number of aryl methyl sites for hydroxylation is 1. The number of rotatable bonds is 3. The first-order valence-electron chi connectivity index (χ1n) is 4.62. The zero-order valence-corrected chi connectivity index (χ0v) is 9.82. The Balaban J connectivity index is 2.95. The lowest BCUT2D eigenvalue weighted by Crippen LogP contribution is -2.30. The summed E-state index contributed by atoms with van der Waals surface area (Å²) in [5, 5.41) is 4.41. The van der Waals surface area contributed by atoms with Gasteiger partial charge in [-0.2, -0.15) is 0 Å². The Kier molecular flexibility index (Phi) is 3.41. The molecular formula is C9H15N3O2S. The Morgan fingerprint density at radius 3 is 2.27 bits per heavy atom. The summed E-state index contributed by atoms with van der Waals surface area (Å²) in [6.07, 6.45) is 3.20. The molecule has 2 N–H and O–H groups in total. The third kappa shape index (κ3) is 2.97. The Morgan fingerprint density at radius 2 is 1.87 bits per heavy atom. The van der Waals surface area contributed by atoms with Gasteiger partial charge in [-0.05, 0) is 13.8 Å². The van der Waals surface area contributed by atoms with Gasteiger partial charge in [0.15, 0.2) is 0 Å². The normalized spacial score (nSPS) is 16.0. The first-order valence-corrected chi connectivity index (χ1v) is 6.23. The van der Waals surface area contributed by atoms with Crippen LogP contribution in [0.4, 0.5) is 0 Å². The summed E-state index contributed by atoms with van der Waals surface area (Å²) in [5.41, 5.74) is 1.44.